The first-order valence-corrected chi connectivity index (χ1v) is 4.91. The Balaban J connectivity index is 2.38. The van der Waals surface area contributed by atoms with Gasteiger partial charge in [-0.15, -0.1) is 0 Å². The third kappa shape index (κ3) is 1.92. The van der Waals surface area contributed by atoms with E-state index in [1.165, 1.54) is 5.56 Å². The second-order valence-electron chi connectivity index (χ2n) is 3.74. The zero-order valence-electron chi connectivity index (χ0n) is 8.88. The van der Waals surface area contributed by atoms with Crippen LogP contribution in [0.2, 0.25) is 0 Å². The van der Waals surface area contributed by atoms with Crippen LogP contribution in [0.1, 0.15) is 22.9 Å². The van der Waals surface area contributed by atoms with E-state index < -0.39 is 6.23 Å². The van der Waals surface area contributed by atoms with E-state index in [0.717, 1.165) is 11.1 Å². The van der Waals surface area contributed by atoms with Crippen molar-refractivity contribution < 1.29 is 5.11 Å². The fourth-order valence-corrected chi connectivity index (χ4v) is 1.69. The van der Waals surface area contributed by atoms with Crippen molar-refractivity contribution in [2.45, 2.75) is 20.1 Å². The molecule has 1 unspecified atom stereocenters. The maximum atomic E-state index is 10.1. The molecular formula is C12H14N2O. The fraction of sp³-hybridized carbons (Fsp3) is 0.250. The second-order valence-corrected chi connectivity index (χ2v) is 3.74. The molecule has 15 heavy (non-hydrogen) atoms. The molecule has 0 spiro atoms. The van der Waals surface area contributed by atoms with Gasteiger partial charge in [-0.2, -0.15) is 0 Å². The molecule has 1 atom stereocenters. The van der Waals surface area contributed by atoms with Gasteiger partial charge in [0.25, 0.3) is 0 Å². The Morgan fingerprint density at radius 1 is 1.33 bits per heavy atom. The number of rotatable bonds is 2. The van der Waals surface area contributed by atoms with Gasteiger partial charge in [0, 0.05) is 18.0 Å². The maximum absolute atomic E-state index is 10.1. The Kier molecular flexibility index (Phi) is 2.56. The SMILES string of the molecule is Cc1ccc(C(O)n2ccnc2)c(C)c1. The van der Waals surface area contributed by atoms with Gasteiger partial charge in [0.2, 0.25) is 0 Å². The lowest BCUT2D eigenvalue weighted by atomic mass is 10.0. The molecule has 0 saturated carbocycles. The predicted molar refractivity (Wildman–Crippen MR) is 58.5 cm³/mol. The summed E-state index contributed by atoms with van der Waals surface area (Å²) in [5.41, 5.74) is 3.21. The number of imidazole rings is 1. The van der Waals surface area contributed by atoms with Crippen LogP contribution < -0.4 is 0 Å². The number of aryl methyl sites for hydroxylation is 2. The minimum atomic E-state index is -0.645. The Morgan fingerprint density at radius 3 is 2.73 bits per heavy atom. The third-order valence-corrected chi connectivity index (χ3v) is 2.51. The highest BCUT2D eigenvalue weighted by molar-refractivity contribution is 5.32. The van der Waals surface area contributed by atoms with Crippen molar-refractivity contribution in [2.75, 3.05) is 0 Å². The number of aromatic nitrogens is 2. The van der Waals surface area contributed by atoms with Crippen LogP contribution in [0.4, 0.5) is 0 Å². The summed E-state index contributed by atoms with van der Waals surface area (Å²) in [5, 5.41) is 10.1. The van der Waals surface area contributed by atoms with E-state index in [2.05, 4.69) is 11.1 Å². The molecule has 1 N–H and O–H groups in total. The van der Waals surface area contributed by atoms with E-state index in [1.54, 1.807) is 23.3 Å². The molecule has 1 heterocycles. The third-order valence-electron chi connectivity index (χ3n) is 2.51. The van der Waals surface area contributed by atoms with Gasteiger partial charge in [0.05, 0.1) is 6.33 Å². The monoisotopic (exact) mass is 202 g/mol. The molecule has 0 amide bonds. The van der Waals surface area contributed by atoms with Gasteiger partial charge >= 0.3 is 0 Å². The molecule has 2 aromatic rings. The molecule has 0 radical (unpaired) electrons. The first-order chi connectivity index (χ1) is 7.18. The second kappa shape index (κ2) is 3.87. The first kappa shape index (κ1) is 9.93. The molecule has 0 aliphatic heterocycles. The van der Waals surface area contributed by atoms with Gasteiger partial charge in [0.1, 0.15) is 0 Å². The van der Waals surface area contributed by atoms with Crippen molar-refractivity contribution in [3.05, 3.63) is 53.6 Å². The van der Waals surface area contributed by atoms with Crippen LogP contribution in [-0.2, 0) is 0 Å². The van der Waals surface area contributed by atoms with Gasteiger partial charge in [-0.1, -0.05) is 23.8 Å². The van der Waals surface area contributed by atoms with E-state index in [1.807, 2.05) is 26.0 Å². The van der Waals surface area contributed by atoms with Crippen molar-refractivity contribution in [1.29, 1.82) is 0 Å². The fourth-order valence-electron chi connectivity index (χ4n) is 1.69. The molecule has 3 heteroatoms. The highest BCUT2D eigenvalue weighted by Gasteiger charge is 2.10. The Labute approximate surface area is 89.0 Å². The lowest BCUT2D eigenvalue weighted by Crippen LogP contribution is -2.09. The maximum Gasteiger partial charge on any atom is 0.158 e. The molecule has 2 rings (SSSR count). The van der Waals surface area contributed by atoms with Gasteiger partial charge in [-0.05, 0) is 19.4 Å². The number of benzene rings is 1. The first-order valence-electron chi connectivity index (χ1n) is 4.91. The summed E-state index contributed by atoms with van der Waals surface area (Å²) in [6, 6.07) is 6.02. The van der Waals surface area contributed by atoms with Crippen LogP contribution in [0.15, 0.2) is 36.9 Å². The number of hydrogen-bond donors (Lipinski definition) is 1. The molecule has 0 aliphatic rings. The normalized spacial score (nSPS) is 12.7. The topological polar surface area (TPSA) is 38.0 Å². The van der Waals surface area contributed by atoms with E-state index in [9.17, 15) is 5.11 Å². The van der Waals surface area contributed by atoms with Gasteiger partial charge in [0.15, 0.2) is 6.23 Å². The smallest absolute Gasteiger partial charge is 0.158 e. The largest absolute Gasteiger partial charge is 0.369 e. The summed E-state index contributed by atoms with van der Waals surface area (Å²) in [5.74, 6) is 0. The van der Waals surface area contributed by atoms with Gasteiger partial charge in [-0.3, -0.25) is 0 Å². The quantitative estimate of drug-likeness (QED) is 0.809. The molecule has 0 aliphatic carbocycles. The Hall–Kier alpha value is -1.61. The minimum Gasteiger partial charge on any atom is -0.369 e. The van der Waals surface area contributed by atoms with Gasteiger partial charge in [-0.25, -0.2) is 4.98 Å². The van der Waals surface area contributed by atoms with Gasteiger partial charge < -0.3 is 9.67 Å². The van der Waals surface area contributed by atoms with E-state index in [0.29, 0.717) is 0 Å². The lowest BCUT2D eigenvalue weighted by molar-refractivity contribution is 0.145. The molecule has 0 saturated heterocycles. The van der Waals surface area contributed by atoms with E-state index >= 15 is 0 Å². The Morgan fingerprint density at radius 2 is 2.13 bits per heavy atom. The summed E-state index contributed by atoms with van der Waals surface area (Å²) >= 11 is 0. The zero-order chi connectivity index (χ0) is 10.8. The summed E-state index contributed by atoms with van der Waals surface area (Å²) in [4.78, 5) is 3.92. The average Bonchev–Trinajstić information content (AvgIpc) is 2.69. The van der Waals surface area contributed by atoms with Crippen molar-refractivity contribution in [3.63, 3.8) is 0 Å². The summed E-state index contributed by atoms with van der Waals surface area (Å²) < 4.78 is 1.68. The predicted octanol–water partition coefficient (Wildman–Crippen LogP) is 2.04. The summed E-state index contributed by atoms with van der Waals surface area (Å²) in [7, 11) is 0. The Bertz CT molecular complexity index is 449. The molecular weight excluding hydrogens is 188 g/mol. The number of aliphatic hydroxyl groups excluding tert-OH is 1. The molecule has 0 bridgehead atoms. The average molecular weight is 202 g/mol. The van der Waals surface area contributed by atoms with Crippen LogP contribution in [-0.4, -0.2) is 14.7 Å². The van der Waals surface area contributed by atoms with Crippen LogP contribution in [0, 0.1) is 13.8 Å². The summed E-state index contributed by atoms with van der Waals surface area (Å²) in [6.45, 7) is 4.04. The highest BCUT2D eigenvalue weighted by Crippen LogP contribution is 2.20. The van der Waals surface area contributed by atoms with E-state index in [-0.39, 0.29) is 0 Å². The van der Waals surface area contributed by atoms with Crippen LogP contribution in [0.25, 0.3) is 0 Å². The van der Waals surface area contributed by atoms with Crippen LogP contribution in [0.3, 0.4) is 0 Å². The number of aliphatic hydroxyl groups is 1. The molecule has 1 aromatic heterocycles. The van der Waals surface area contributed by atoms with Crippen LogP contribution >= 0.6 is 0 Å². The zero-order valence-corrected chi connectivity index (χ0v) is 8.88. The molecule has 1 aromatic carbocycles. The van der Waals surface area contributed by atoms with Crippen molar-refractivity contribution in [2.24, 2.45) is 0 Å². The number of hydrogen-bond acceptors (Lipinski definition) is 2. The van der Waals surface area contributed by atoms with Crippen molar-refractivity contribution in [3.8, 4) is 0 Å². The molecule has 0 fully saturated rings. The molecule has 3 nitrogen and oxygen atoms in total. The van der Waals surface area contributed by atoms with Crippen molar-refractivity contribution in [1.82, 2.24) is 9.55 Å². The summed E-state index contributed by atoms with van der Waals surface area (Å²) in [6.07, 6.45) is 4.38. The highest BCUT2D eigenvalue weighted by atomic mass is 16.3. The van der Waals surface area contributed by atoms with Crippen LogP contribution in [0.5, 0.6) is 0 Å². The number of nitrogens with zero attached hydrogens (tertiary/aromatic N) is 2. The van der Waals surface area contributed by atoms with Crippen molar-refractivity contribution >= 4 is 0 Å². The standard InChI is InChI=1S/C12H14N2O/c1-9-3-4-11(10(2)7-9)12(15)14-6-5-13-8-14/h3-8,12,15H,1-2H3. The van der Waals surface area contributed by atoms with E-state index in [4.69, 9.17) is 0 Å². The molecule has 78 valence electrons. The lowest BCUT2D eigenvalue weighted by Gasteiger charge is -2.15. The minimum absolute atomic E-state index is 0.645.